The molecule has 0 aliphatic carbocycles. The van der Waals surface area contributed by atoms with Crippen LogP contribution in [0.1, 0.15) is 65.2 Å². The Hall–Kier alpha value is 0.190. The molecule has 0 aliphatic rings. The predicted molar refractivity (Wildman–Crippen MR) is 68.1 cm³/mol. The molecule has 3 heteroatoms. The maximum atomic E-state index is 11.3. The summed E-state index contributed by atoms with van der Waals surface area (Å²) in [6, 6.07) is 0. The first-order chi connectivity index (χ1) is 7.31. The summed E-state index contributed by atoms with van der Waals surface area (Å²) in [4.78, 5) is 0. The Balaban J connectivity index is 3.06. The molecule has 0 saturated carbocycles. The fraction of sp³-hybridized carbons (Fsp3) is 1.00. The average Bonchev–Trinajstić information content (AvgIpc) is 2.25. The second-order valence-electron chi connectivity index (χ2n) is 4.09. The van der Waals surface area contributed by atoms with Gasteiger partial charge in [0.2, 0.25) is 0 Å². The van der Waals surface area contributed by atoms with E-state index in [-0.39, 0.29) is 0 Å². The van der Waals surface area contributed by atoms with Crippen molar-refractivity contribution >= 4 is 8.03 Å². The van der Waals surface area contributed by atoms with Crippen molar-refractivity contribution in [1.82, 2.24) is 0 Å². The van der Waals surface area contributed by atoms with Gasteiger partial charge in [-0.2, -0.15) is 0 Å². The van der Waals surface area contributed by atoms with Crippen molar-refractivity contribution in [3.63, 3.8) is 0 Å². The van der Waals surface area contributed by atoms with Crippen LogP contribution in [0.2, 0.25) is 0 Å². The van der Waals surface area contributed by atoms with E-state index >= 15 is 0 Å². The molecule has 0 aliphatic heterocycles. The molecule has 1 unspecified atom stereocenters. The topological polar surface area (TPSA) is 26.3 Å². The molecule has 0 amide bonds. The molecule has 2 nitrogen and oxygen atoms in total. The summed E-state index contributed by atoms with van der Waals surface area (Å²) >= 11 is 0. The number of hydrogen-bond acceptors (Lipinski definition) is 2. The van der Waals surface area contributed by atoms with Crippen LogP contribution in [0.15, 0.2) is 0 Å². The zero-order valence-electron chi connectivity index (χ0n) is 10.4. The monoisotopic (exact) mass is 234 g/mol. The fourth-order valence-electron chi connectivity index (χ4n) is 1.46. The predicted octanol–water partition coefficient (Wildman–Crippen LogP) is 4.64. The van der Waals surface area contributed by atoms with Crippen LogP contribution in [0.5, 0.6) is 0 Å². The minimum Gasteiger partial charge on any atom is -0.330 e. The highest BCUT2D eigenvalue weighted by molar-refractivity contribution is 7.39. The highest BCUT2D eigenvalue weighted by atomic mass is 31.1. The maximum Gasteiger partial charge on any atom is 0.191 e. The Bertz CT molecular complexity index is 149. The molecule has 0 rings (SSSR count). The van der Waals surface area contributed by atoms with E-state index in [9.17, 15) is 4.57 Å². The Labute approximate surface area is 95.7 Å². The first kappa shape index (κ1) is 15.2. The van der Waals surface area contributed by atoms with Crippen LogP contribution in [-0.4, -0.2) is 12.8 Å². The van der Waals surface area contributed by atoms with Crippen LogP contribution >= 0.6 is 8.03 Å². The van der Waals surface area contributed by atoms with E-state index in [4.69, 9.17) is 4.52 Å². The molecular weight excluding hydrogens is 207 g/mol. The molecule has 0 bridgehead atoms. The van der Waals surface area contributed by atoms with E-state index in [0.717, 1.165) is 25.4 Å². The second-order valence-corrected chi connectivity index (χ2v) is 5.62. The van der Waals surface area contributed by atoms with Crippen molar-refractivity contribution in [3.05, 3.63) is 0 Å². The molecule has 15 heavy (non-hydrogen) atoms. The van der Waals surface area contributed by atoms with Crippen molar-refractivity contribution in [2.24, 2.45) is 0 Å². The van der Waals surface area contributed by atoms with Gasteiger partial charge in [-0.05, 0) is 12.8 Å². The molecule has 0 fully saturated rings. The van der Waals surface area contributed by atoms with Crippen molar-refractivity contribution in [2.75, 3.05) is 12.8 Å². The summed E-state index contributed by atoms with van der Waals surface area (Å²) < 4.78 is 16.6. The van der Waals surface area contributed by atoms with E-state index in [2.05, 4.69) is 13.8 Å². The van der Waals surface area contributed by atoms with E-state index < -0.39 is 8.03 Å². The van der Waals surface area contributed by atoms with Gasteiger partial charge < -0.3 is 4.52 Å². The van der Waals surface area contributed by atoms with Crippen LogP contribution < -0.4 is 0 Å². The Morgan fingerprint density at radius 3 is 2.13 bits per heavy atom. The molecule has 0 spiro atoms. The average molecular weight is 234 g/mol. The summed E-state index contributed by atoms with van der Waals surface area (Å²) in [6.45, 7) is 5.04. The highest BCUT2D eigenvalue weighted by Crippen LogP contribution is 2.24. The minimum atomic E-state index is -1.70. The van der Waals surface area contributed by atoms with Crippen molar-refractivity contribution in [2.45, 2.75) is 65.2 Å². The van der Waals surface area contributed by atoms with Crippen LogP contribution in [-0.2, 0) is 9.09 Å². The molecule has 1 atom stereocenters. The second kappa shape index (κ2) is 12.3. The minimum absolute atomic E-state index is 0.702. The lowest BCUT2D eigenvalue weighted by Gasteiger charge is -2.03. The van der Waals surface area contributed by atoms with Gasteiger partial charge in [-0.25, -0.2) is 0 Å². The SMILES string of the molecule is CCCCCCCCO[PH](=O)CCCC. The van der Waals surface area contributed by atoms with Gasteiger partial charge in [0.25, 0.3) is 0 Å². The Kier molecular flexibility index (Phi) is 12.4. The maximum absolute atomic E-state index is 11.3. The molecule has 0 heterocycles. The summed E-state index contributed by atoms with van der Waals surface area (Å²) in [6.07, 6.45) is 10.5. The van der Waals surface area contributed by atoms with Crippen molar-refractivity contribution < 1.29 is 9.09 Å². The first-order valence-electron chi connectivity index (χ1n) is 6.46. The molecule has 0 saturated heterocycles. The zero-order valence-corrected chi connectivity index (χ0v) is 11.4. The summed E-state index contributed by atoms with van der Waals surface area (Å²) in [5.74, 6) is 0. The van der Waals surface area contributed by atoms with Crippen molar-refractivity contribution in [1.29, 1.82) is 0 Å². The molecule has 0 aromatic rings. The van der Waals surface area contributed by atoms with Crippen molar-refractivity contribution in [3.8, 4) is 0 Å². The van der Waals surface area contributed by atoms with E-state index in [1.54, 1.807) is 0 Å². The summed E-state index contributed by atoms with van der Waals surface area (Å²) in [5, 5.41) is 0. The number of hydrogen-bond donors (Lipinski definition) is 0. The van der Waals surface area contributed by atoms with Gasteiger partial charge in [0.05, 0.1) is 6.61 Å². The van der Waals surface area contributed by atoms with Gasteiger partial charge >= 0.3 is 0 Å². The molecule has 92 valence electrons. The molecule has 0 radical (unpaired) electrons. The summed E-state index contributed by atoms with van der Waals surface area (Å²) in [7, 11) is -1.70. The largest absolute Gasteiger partial charge is 0.330 e. The molecule has 0 aromatic carbocycles. The van der Waals surface area contributed by atoms with Gasteiger partial charge in [0.15, 0.2) is 8.03 Å². The third-order valence-electron chi connectivity index (χ3n) is 2.50. The van der Waals surface area contributed by atoms with Gasteiger partial charge in [-0.3, -0.25) is 4.57 Å². The lowest BCUT2D eigenvalue weighted by Crippen LogP contribution is -1.89. The normalized spacial score (nSPS) is 12.9. The van der Waals surface area contributed by atoms with Gasteiger partial charge in [0, 0.05) is 6.16 Å². The lowest BCUT2D eigenvalue weighted by molar-refractivity contribution is 0.315. The number of unbranched alkanes of at least 4 members (excludes halogenated alkanes) is 6. The third kappa shape index (κ3) is 12.1. The van der Waals surface area contributed by atoms with Gasteiger partial charge in [0.1, 0.15) is 0 Å². The fourth-order valence-corrected chi connectivity index (χ4v) is 2.62. The Morgan fingerprint density at radius 2 is 1.47 bits per heavy atom. The molecule has 0 aromatic heterocycles. The van der Waals surface area contributed by atoms with Crippen LogP contribution in [0, 0.1) is 0 Å². The van der Waals surface area contributed by atoms with Crippen LogP contribution in [0.4, 0.5) is 0 Å². The highest BCUT2D eigenvalue weighted by Gasteiger charge is 1.98. The van der Waals surface area contributed by atoms with Gasteiger partial charge in [-0.15, -0.1) is 0 Å². The number of rotatable bonds is 11. The Morgan fingerprint density at radius 1 is 0.867 bits per heavy atom. The first-order valence-corrected chi connectivity index (χ1v) is 7.99. The molecular formula is C12H27O2P. The van der Waals surface area contributed by atoms with Crippen LogP contribution in [0.25, 0.3) is 0 Å². The van der Waals surface area contributed by atoms with Crippen LogP contribution in [0.3, 0.4) is 0 Å². The summed E-state index contributed by atoms with van der Waals surface area (Å²) in [5.41, 5.74) is 0. The lowest BCUT2D eigenvalue weighted by atomic mass is 10.1. The van der Waals surface area contributed by atoms with E-state index in [1.807, 2.05) is 0 Å². The van der Waals surface area contributed by atoms with Gasteiger partial charge in [-0.1, -0.05) is 52.4 Å². The third-order valence-corrected chi connectivity index (χ3v) is 3.78. The van der Waals surface area contributed by atoms with E-state index in [0.29, 0.717) is 6.61 Å². The standard InChI is InChI=1S/C12H27O2P/c1-3-5-7-8-9-10-11-14-15(13)12-6-4-2/h15H,3-12H2,1-2H3. The molecule has 0 N–H and O–H groups in total. The quantitative estimate of drug-likeness (QED) is 0.384. The smallest absolute Gasteiger partial charge is 0.191 e. The zero-order chi connectivity index (χ0) is 11.4. The van der Waals surface area contributed by atoms with E-state index in [1.165, 1.54) is 32.1 Å².